The zero-order chi connectivity index (χ0) is 17.0. The standard InChI is InChI=1S/C23H22N2/c1-15-14-23(25(2)24-15)22-9-5-8-18-20-11-10-16-6-3-4-7-17(16)19(20)12-13-21(18)22/h3-4,6-7,10-14,22H,5,8-9H2,1-2H3. The molecule has 1 aliphatic rings. The van der Waals surface area contributed by atoms with Crippen LogP contribution >= 0.6 is 0 Å². The molecular formula is C23H22N2. The van der Waals surface area contributed by atoms with Crippen molar-refractivity contribution >= 4 is 21.5 Å². The highest BCUT2D eigenvalue weighted by Crippen LogP contribution is 2.41. The van der Waals surface area contributed by atoms with Gasteiger partial charge in [-0.2, -0.15) is 5.10 Å². The third-order valence-electron chi connectivity index (χ3n) is 5.76. The number of aromatic nitrogens is 2. The van der Waals surface area contributed by atoms with Crippen molar-refractivity contribution in [1.29, 1.82) is 0 Å². The van der Waals surface area contributed by atoms with Crippen molar-refractivity contribution < 1.29 is 0 Å². The molecule has 25 heavy (non-hydrogen) atoms. The first-order valence-corrected chi connectivity index (χ1v) is 9.16. The SMILES string of the molecule is Cc1cc(C2CCCc3c2ccc2c3ccc3ccccc32)n(C)n1. The Balaban J connectivity index is 1.76. The van der Waals surface area contributed by atoms with E-state index in [0.717, 1.165) is 5.69 Å². The predicted molar refractivity (Wildman–Crippen MR) is 104 cm³/mol. The monoisotopic (exact) mass is 326 g/mol. The summed E-state index contributed by atoms with van der Waals surface area (Å²) < 4.78 is 2.07. The highest BCUT2D eigenvalue weighted by Gasteiger charge is 2.26. The van der Waals surface area contributed by atoms with Crippen LogP contribution in [-0.4, -0.2) is 9.78 Å². The van der Waals surface area contributed by atoms with Crippen molar-refractivity contribution in [2.45, 2.75) is 32.1 Å². The van der Waals surface area contributed by atoms with E-state index in [1.54, 1.807) is 5.56 Å². The maximum Gasteiger partial charge on any atom is 0.0596 e. The average molecular weight is 326 g/mol. The Morgan fingerprint density at radius 1 is 0.960 bits per heavy atom. The van der Waals surface area contributed by atoms with Gasteiger partial charge in [0.15, 0.2) is 0 Å². The summed E-state index contributed by atoms with van der Waals surface area (Å²) in [5.74, 6) is 0.464. The molecule has 4 aromatic rings. The topological polar surface area (TPSA) is 17.8 Å². The van der Waals surface area contributed by atoms with Crippen LogP contribution in [0.2, 0.25) is 0 Å². The van der Waals surface area contributed by atoms with Gasteiger partial charge in [0.25, 0.3) is 0 Å². The fourth-order valence-electron chi connectivity index (χ4n) is 4.68. The third kappa shape index (κ3) is 2.21. The minimum Gasteiger partial charge on any atom is -0.272 e. The fourth-order valence-corrected chi connectivity index (χ4v) is 4.68. The van der Waals surface area contributed by atoms with E-state index in [9.17, 15) is 0 Å². The molecule has 1 atom stereocenters. The van der Waals surface area contributed by atoms with Crippen molar-refractivity contribution in [3.05, 3.63) is 77.1 Å². The summed E-state index contributed by atoms with van der Waals surface area (Å²) in [4.78, 5) is 0. The number of aryl methyl sites for hydroxylation is 3. The van der Waals surface area contributed by atoms with Crippen LogP contribution in [-0.2, 0) is 13.5 Å². The second-order valence-electron chi connectivity index (χ2n) is 7.29. The molecule has 0 spiro atoms. The van der Waals surface area contributed by atoms with Crippen molar-refractivity contribution in [2.24, 2.45) is 7.05 Å². The number of hydrogen-bond acceptors (Lipinski definition) is 1. The third-order valence-corrected chi connectivity index (χ3v) is 5.76. The van der Waals surface area contributed by atoms with Gasteiger partial charge >= 0.3 is 0 Å². The molecule has 0 bridgehead atoms. The van der Waals surface area contributed by atoms with Gasteiger partial charge in [-0.05, 0) is 64.9 Å². The van der Waals surface area contributed by atoms with Crippen molar-refractivity contribution in [3.63, 3.8) is 0 Å². The summed E-state index contributed by atoms with van der Waals surface area (Å²) in [7, 11) is 2.07. The number of hydrogen-bond donors (Lipinski definition) is 0. The maximum atomic E-state index is 4.58. The lowest BCUT2D eigenvalue weighted by atomic mass is 9.78. The molecule has 1 heterocycles. The van der Waals surface area contributed by atoms with Gasteiger partial charge < -0.3 is 0 Å². The predicted octanol–water partition coefficient (Wildman–Crippen LogP) is 5.50. The molecule has 0 radical (unpaired) electrons. The lowest BCUT2D eigenvalue weighted by Crippen LogP contribution is -2.14. The lowest BCUT2D eigenvalue weighted by Gasteiger charge is -2.27. The molecule has 1 aromatic heterocycles. The molecule has 124 valence electrons. The molecule has 0 saturated heterocycles. The molecule has 5 rings (SSSR count). The second kappa shape index (κ2) is 5.45. The van der Waals surface area contributed by atoms with Crippen LogP contribution in [0, 0.1) is 6.92 Å². The molecule has 2 heteroatoms. The van der Waals surface area contributed by atoms with E-state index in [0.29, 0.717) is 5.92 Å². The molecule has 0 amide bonds. The molecule has 2 nitrogen and oxygen atoms in total. The van der Waals surface area contributed by atoms with E-state index in [1.807, 2.05) is 0 Å². The fraction of sp³-hybridized carbons (Fsp3) is 0.261. The molecule has 0 aliphatic heterocycles. The van der Waals surface area contributed by atoms with Gasteiger partial charge in [-0.1, -0.05) is 48.5 Å². The Hall–Kier alpha value is -2.61. The number of rotatable bonds is 1. The van der Waals surface area contributed by atoms with Gasteiger partial charge in [0, 0.05) is 18.7 Å². The summed E-state index contributed by atoms with van der Waals surface area (Å²) in [6.07, 6.45) is 3.64. The van der Waals surface area contributed by atoms with Gasteiger partial charge in [0.05, 0.1) is 5.69 Å². The largest absolute Gasteiger partial charge is 0.272 e. The van der Waals surface area contributed by atoms with E-state index < -0.39 is 0 Å². The molecule has 0 fully saturated rings. The van der Waals surface area contributed by atoms with Crippen molar-refractivity contribution in [3.8, 4) is 0 Å². The van der Waals surface area contributed by atoms with Gasteiger partial charge in [-0.25, -0.2) is 0 Å². The van der Waals surface area contributed by atoms with E-state index in [-0.39, 0.29) is 0 Å². The van der Waals surface area contributed by atoms with Crippen LogP contribution < -0.4 is 0 Å². The summed E-state index contributed by atoms with van der Waals surface area (Å²) in [6.45, 7) is 2.08. The van der Waals surface area contributed by atoms with E-state index in [1.165, 1.54) is 52.1 Å². The van der Waals surface area contributed by atoms with Crippen LogP contribution in [0.25, 0.3) is 21.5 Å². The molecule has 3 aromatic carbocycles. The second-order valence-corrected chi connectivity index (χ2v) is 7.29. The Bertz CT molecular complexity index is 1100. The maximum absolute atomic E-state index is 4.58. The first-order chi connectivity index (χ1) is 12.2. The average Bonchev–Trinajstić information content (AvgIpc) is 2.98. The first kappa shape index (κ1) is 14.7. The Labute approximate surface area is 148 Å². The Morgan fingerprint density at radius 2 is 1.80 bits per heavy atom. The molecular weight excluding hydrogens is 304 g/mol. The van der Waals surface area contributed by atoms with E-state index in [2.05, 4.69) is 78.3 Å². The smallest absolute Gasteiger partial charge is 0.0596 e. The Kier molecular flexibility index (Phi) is 3.21. The van der Waals surface area contributed by atoms with Crippen LogP contribution in [0.15, 0.2) is 54.6 Å². The minimum absolute atomic E-state index is 0.464. The lowest BCUT2D eigenvalue weighted by molar-refractivity contribution is 0.572. The Morgan fingerprint density at radius 3 is 2.64 bits per heavy atom. The number of nitrogens with zero attached hydrogens (tertiary/aromatic N) is 2. The number of fused-ring (bicyclic) bond motifs is 5. The first-order valence-electron chi connectivity index (χ1n) is 9.16. The highest BCUT2D eigenvalue weighted by atomic mass is 15.3. The van der Waals surface area contributed by atoms with Crippen molar-refractivity contribution in [1.82, 2.24) is 9.78 Å². The van der Waals surface area contributed by atoms with Gasteiger partial charge in [0.1, 0.15) is 0 Å². The highest BCUT2D eigenvalue weighted by molar-refractivity contribution is 6.08. The van der Waals surface area contributed by atoms with Crippen LogP contribution in [0.3, 0.4) is 0 Å². The minimum atomic E-state index is 0.464. The summed E-state index contributed by atoms with van der Waals surface area (Å²) in [5, 5.41) is 10.1. The van der Waals surface area contributed by atoms with Gasteiger partial charge in [-0.15, -0.1) is 0 Å². The molecule has 0 saturated carbocycles. The van der Waals surface area contributed by atoms with Gasteiger partial charge in [0.2, 0.25) is 0 Å². The molecule has 0 N–H and O–H groups in total. The molecule has 1 aliphatic carbocycles. The van der Waals surface area contributed by atoms with Crippen LogP contribution in [0.1, 0.15) is 41.3 Å². The van der Waals surface area contributed by atoms with E-state index >= 15 is 0 Å². The normalized spacial score (nSPS) is 17.1. The summed E-state index contributed by atoms with van der Waals surface area (Å²) in [5.41, 5.74) is 5.49. The van der Waals surface area contributed by atoms with Crippen LogP contribution in [0.4, 0.5) is 0 Å². The van der Waals surface area contributed by atoms with Crippen molar-refractivity contribution in [2.75, 3.05) is 0 Å². The zero-order valence-corrected chi connectivity index (χ0v) is 14.8. The van der Waals surface area contributed by atoms with Crippen LogP contribution in [0.5, 0.6) is 0 Å². The number of benzene rings is 3. The zero-order valence-electron chi connectivity index (χ0n) is 14.8. The quantitative estimate of drug-likeness (QED) is 0.422. The summed E-state index contributed by atoms with van der Waals surface area (Å²) in [6, 6.07) is 20.3. The van der Waals surface area contributed by atoms with E-state index in [4.69, 9.17) is 0 Å². The summed E-state index contributed by atoms with van der Waals surface area (Å²) >= 11 is 0. The van der Waals surface area contributed by atoms with Gasteiger partial charge in [-0.3, -0.25) is 4.68 Å². The molecule has 1 unspecified atom stereocenters.